The largest absolute Gasteiger partial charge is 0.497 e. The highest BCUT2D eigenvalue weighted by Gasteiger charge is 2.55. The molecule has 5 heteroatoms. The monoisotopic (exact) mass is 247 g/mol. The third-order valence-corrected chi connectivity index (χ3v) is 3.17. The first kappa shape index (κ1) is 11.6. The van der Waals surface area contributed by atoms with Gasteiger partial charge in [-0.2, -0.15) is 0 Å². The highest BCUT2D eigenvalue weighted by molar-refractivity contribution is 6.31. The molecule has 0 amide bonds. The number of alkyl halides is 2. The van der Waals surface area contributed by atoms with Crippen LogP contribution in [0.2, 0.25) is 5.02 Å². The Labute approximate surface area is 97.3 Å². The second-order valence-electron chi connectivity index (χ2n) is 4.21. The van der Waals surface area contributed by atoms with Gasteiger partial charge in [-0.3, -0.25) is 0 Å². The van der Waals surface area contributed by atoms with E-state index >= 15 is 0 Å². The molecule has 2 rings (SSSR count). The minimum Gasteiger partial charge on any atom is -0.497 e. The average molecular weight is 248 g/mol. The van der Waals surface area contributed by atoms with E-state index in [4.69, 9.17) is 22.1 Å². The number of nitrogens with two attached hydrogens (primary N) is 1. The van der Waals surface area contributed by atoms with E-state index < -0.39 is 11.5 Å². The van der Waals surface area contributed by atoms with Crippen molar-refractivity contribution < 1.29 is 13.5 Å². The quantitative estimate of drug-likeness (QED) is 0.872. The fraction of sp³-hybridized carbons (Fsp3) is 0.455. The van der Waals surface area contributed by atoms with Gasteiger partial charge in [0.15, 0.2) is 0 Å². The van der Waals surface area contributed by atoms with Crippen LogP contribution >= 0.6 is 11.6 Å². The molecule has 0 heterocycles. The van der Waals surface area contributed by atoms with E-state index in [0.29, 0.717) is 16.3 Å². The van der Waals surface area contributed by atoms with Crippen LogP contribution in [0.15, 0.2) is 18.2 Å². The lowest BCUT2D eigenvalue weighted by Gasteiger charge is -2.45. The Balaban J connectivity index is 2.29. The molecule has 1 aromatic carbocycles. The summed E-state index contributed by atoms with van der Waals surface area (Å²) in [6.07, 6.45) is -0.710. The Kier molecular flexibility index (Phi) is 2.59. The molecule has 1 aromatic rings. The predicted molar refractivity (Wildman–Crippen MR) is 58.1 cm³/mol. The molecule has 0 aromatic heterocycles. The fourth-order valence-corrected chi connectivity index (χ4v) is 2.45. The van der Waals surface area contributed by atoms with E-state index in [1.807, 2.05) is 0 Å². The second kappa shape index (κ2) is 3.57. The number of halogens is 3. The number of hydrogen-bond acceptors (Lipinski definition) is 2. The maximum absolute atomic E-state index is 12.8. The zero-order chi connectivity index (χ0) is 12.0. The normalized spacial score (nSPS) is 21.3. The van der Waals surface area contributed by atoms with Crippen molar-refractivity contribution in [1.29, 1.82) is 0 Å². The summed E-state index contributed by atoms with van der Waals surface area (Å²) in [6, 6.07) is 4.91. The standard InChI is InChI=1S/C11H12ClF2NO/c1-16-7-2-3-8(9(12)4-7)10(15)5-11(13,14)6-10/h2-4H,5-6,15H2,1H3. The van der Waals surface area contributed by atoms with Crippen molar-refractivity contribution in [3.63, 3.8) is 0 Å². The van der Waals surface area contributed by atoms with Crippen molar-refractivity contribution in [3.05, 3.63) is 28.8 Å². The van der Waals surface area contributed by atoms with Gasteiger partial charge >= 0.3 is 0 Å². The molecule has 1 aliphatic rings. The first-order chi connectivity index (χ1) is 7.36. The summed E-state index contributed by atoms with van der Waals surface area (Å²) in [5.41, 5.74) is 5.44. The van der Waals surface area contributed by atoms with Crippen LogP contribution in [-0.2, 0) is 5.54 Å². The van der Waals surface area contributed by atoms with Crippen molar-refractivity contribution >= 4 is 11.6 Å². The second-order valence-corrected chi connectivity index (χ2v) is 4.62. The van der Waals surface area contributed by atoms with E-state index in [1.165, 1.54) is 7.11 Å². The molecule has 2 nitrogen and oxygen atoms in total. The maximum Gasteiger partial charge on any atom is 0.252 e. The summed E-state index contributed by atoms with van der Waals surface area (Å²) in [5, 5.41) is 0.373. The van der Waals surface area contributed by atoms with Crippen LogP contribution in [0.1, 0.15) is 18.4 Å². The van der Waals surface area contributed by atoms with E-state index in [1.54, 1.807) is 18.2 Å². The van der Waals surface area contributed by atoms with Crippen molar-refractivity contribution in [2.75, 3.05) is 7.11 Å². The van der Waals surface area contributed by atoms with Gasteiger partial charge in [-0.1, -0.05) is 17.7 Å². The van der Waals surface area contributed by atoms with Gasteiger partial charge in [0.25, 0.3) is 5.92 Å². The summed E-state index contributed by atoms with van der Waals surface area (Å²) in [4.78, 5) is 0. The molecule has 0 unspecified atom stereocenters. The fourth-order valence-electron chi connectivity index (χ4n) is 2.09. The molecular formula is C11H12ClF2NO. The summed E-state index contributed by atoms with van der Waals surface area (Å²) < 4.78 is 30.7. The SMILES string of the molecule is COc1ccc(C2(N)CC(F)(F)C2)c(Cl)c1. The molecule has 0 saturated heterocycles. The van der Waals surface area contributed by atoms with Crippen molar-refractivity contribution in [3.8, 4) is 5.75 Å². The summed E-state index contributed by atoms with van der Waals surface area (Å²) in [5.74, 6) is -2.08. The van der Waals surface area contributed by atoms with E-state index in [9.17, 15) is 8.78 Å². The van der Waals surface area contributed by atoms with Crippen LogP contribution in [0.4, 0.5) is 8.78 Å². The number of hydrogen-bond donors (Lipinski definition) is 1. The molecule has 1 saturated carbocycles. The first-order valence-electron chi connectivity index (χ1n) is 4.87. The smallest absolute Gasteiger partial charge is 0.252 e. The molecule has 0 radical (unpaired) electrons. The van der Waals surface area contributed by atoms with Gasteiger partial charge in [-0.25, -0.2) is 8.78 Å². The van der Waals surface area contributed by atoms with E-state index in [-0.39, 0.29) is 12.8 Å². The number of rotatable bonds is 2. The molecule has 88 valence electrons. The average Bonchev–Trinajstić information content (AvgIpc) is 2.13. The Morgan fingerprint density at radius 2 is 2.00 bits per heavy atom. The number of methoxy groups -OCH3 is 1. The molecule has 1 aliphatic carbocycles. The van der Waals surface area contributed by atoms with Crippen LogP contribution < -0.4 is 10.5 Å². The zero-order valence-electron chi connectivity index (χ0n) is 8.77. The lowest BCUT2D eigenvalue weighted by Crippen LogP contribution is -2.55. The molecule has 0 bridgehead atoms. The highest BCUT2D eigenvalue weighted by atomic mass is 35.5. The van der Waals surface area contributed by atoms with Gasteiger partial charge in [0.05, 0.1) is 12.6 Å². The van der Waals surface area contributed by atoms with Crippen LogP contribution in [-0.4, -0.2) is 13.0 Å². The first-order valence-corrected chi connectivity index (χ1v) is 5.25. The minimum absolute atomic E-state index is 0.355. The van der Waals surface area contributed by atoms with Crippen LogP contribution in [0.5, 0.6) is 5.75 Å². The summed E-state index contributed by atoms with van der Waals surface area (Å²) in [6.45, 7) is 0. The lowest BCUT2D eigenvalue weighted by molar-refractivity contribution is -0.125. The molecule has 0 atom stereocenters. The van der Waals surface area contributed by atoms with Crippen molar-refractivity contribution in [2.24, 2.45) is 5.73 Å². The summed E-state index contributed by atoms with van der Waals surface area (Å²) >= 11 is 5.99. The third-order valence-electron chi connectivity index (χ3n) is 2.86. The summed E-state index contributed by atoms with van der Waals surface area (Å²) in [7, 11) is 1.51. The topological polar surface area (TPSA) is 35.2 Å². The molecule has 16 heavy (non-hydrogen) atoms. The van der Waals surface area contributed by atoms with E-state index in [0.717, 1.165) is 0 Å². The number of ether oxygens (including phenoxy) is 1. The third kappa shape index (κ3) is 1.87. The van der Waals surface area contributed by atoms with Crippen LogP contribution in [0.3, 0.4) is 0 Å². The highest BCUT2D eigenvalue weighted by Crippen LogP contribution is 2.51. The Morgan fingerprint density at radius 3 is 2.44 bits per heavy atom. The van der Waals surface area contributed by atoms with Crippen molar-refractivity contribution in [2.45, 2.75) is 24.3 Å². The molecule has 0 spiro atoms. The Bertz CT molecular complexity index is 414. The van der Waals surface area contributed by atoms with Gasteiger partial charge in [-0.05, 0) is 17.7 Å². The van der Waals surface area contributed by atoms with Crippen LogP contribution in [0, 0.1) is 0 Å². The van der Waals surface area contributed by atoms with Gasteiger partial charge in [0.1, 0.15) is 5.75 Å². The minimum atomic E-state index is -2.67. The Hall–Kier alpha value is -0.870. The molecule has 0 aliphatic heterocycles. The number of benzene rings is 1. The van der Waals surface area contributed by atoms with Crippen molar-refractivity contribution in [1.82, 2.24) is 0 Å². The zero-order valence-corrected chi connectivity index (χ0v) is 9.52. The Morgan fingerprint density at radius 1 is 1.38 bits per heavy atom. The van der Waals surface area contributed by atoms with Gasteiger partial charge in [-0.15, -0.1) is 0 Å². The van der Waals surface area contributed by atoms with Crippen LogP contribution in [0.25, 0.3) is 0 Å². The molecule has 2 N–H and O–H groups in total. The molecular weight excluding hydrogens is 236 g/mol. The van der Waals surface area contributed by atoms with Gasteiger partial charge in [0, 0.05) is 17.9 Å². The molecule has 1 fully saturated rings. The lowest BCUT2D eigenvalue weighted by atomic mass is 9.70. The van der Waals surface area contributed by atoms with Gasteiger partial charge in [0.2, 0.25) is 0 Å². The maximum atomic E-state index is 12.8. The predicted octanol–water partition coefficient (Wildman–Crippen LogP) is 2.93. The van der Waals surface area contributed by atoms with Gasteiger partial charge < -0.3 is 10.5 Å². The van der Waals surface area contributed by atoms with E-state index in [2.05, 4.69) is 0 Å².